The van der Waals surface area contributed by atoms with Gasteiger partial charge in [0.25, 0.3) is 0 Å². The zero-order valence-electron chi connectivity index (χ0n) is 12.3. The average Bonchev–Trinajstić information content (AvgIpc) is 3.08. The summed E-state index contributed by atoms with van der Waals surface area (Å²) in [5.74, 6) is 1.12. The molecule has 112 valence electrons. The van der Waals surface area contributed by atoms with E-state index in [1.54, 1.807) is 18.3 Å². The molecule has 0 amide bonds. The molecule has 0 bridgehead atoms. The number of rotatable bonds is 6. The molecule has 1 saturated carbocycles. The molecule has 2 aromatic rings. The van der Waals surface area contributed by atoms with Crippen molar-refractivity contribution in [2.24, 2.45) is 0 Å². The van der Waals surface area contributed by atoms with E-state index >= 15 is 0 Å². The van der Waals surface area contributed by atoms with Gasteiger partial charge in [0.15, 0.2) is 0 Å². The number of ether oxygens (including phenoxy) is 1. The van der Waals surface area contributed by atoms with Gasteiger partial charge >= 0.3 is 5.97 Å². The summed E-state index contributed by atoms with van der Waals surface area (Å²) in [6, 6.07) is 6.69. The van der Waals surface area contributed by atoms with E-state index in [4.69, 9.17) is 9.15 Å². The molecule has 0 saturated heterocycles. The highest BCUT2D eigenvalue weighted by molar-refractivity contribution is 7.09. The van der Waals surface area contributed by atoms with Gasteiger partial charge in [0.1, 0.15) is 17.1 Å². The molecule has 3 rings (SSSR count). The molecule has 2 aromatic heterocycles. The zero-order chi connectivity index (χ0) is 14.8. The van der Waals surface area contributed by atoms with E-state index in [1.807, 2.05) is 6.07 Å². The number of thiophene rings is 1. The van der Waals surface area contributed by atoms with Crippen LogP contribution < -0.4 is 0 Å². The van der Waals surface area contributed by atoms with Crippen molar-refractivity contribution in [3.63, 3.8) is 0 Å². The van der Waals surface area contributed by atoms with Crippen LogP contribution in [0.3, 0.4) is 0 Å². The molecule has 4 nitrogen and oxygen atoms in total. The third-order valence-electron chi connectivity index (χ3n) is 3.74. The molecule has 1 aliphatic rings. The van der Waals surface area contributed by atoms with Crippen molar-refractivity contribution in [2.75, 3.05) is 7.11 Å². The summed E-state index contributed by atoms with van der Waals surface area (Å²) in [6.45, 7) is 3.48. The molecule has 0 N–H and O–H groups in total. The molecule has 0 unspecified atom stereocenters. The second-order valence-electron chi connectivity index (χ2n) is 5.39. The van der Waals surface area contributed by atoms with Gasteiger partial charge in [0, 0.05) is 17.5 Å². The maximum Gasteiger partial charge on any atom is 0.341 e. The Bertz CT molecular complexity index is 614. The van der Waals surface area contributed by atoms with E-state index in [1.165, 1.54) is 24.8 Å². The molecule has 1 fully saturated rings. The molecule has 5 heteroatoms. The fourth-order valence-electron chi connectivity index (χ4n) is 2.49. The van der Waals surface area contributed by atoms with Crippen LogP contribution in [0.2, 0.25) is 0 Å². The third kappa shape index (κ3) is 3.36. The number of furan rings is 1. The second kappa shape index (κ2) is 6.03. The molecular weight excluding hydrogens is 286 g/mol. The molecule has 0 radical (unpaired) electrons. The van der Waals surface area contributed by atoms with Gasteiger partial charge in [-0.05, 0) is 37.3 Å². The van der Waals surface area contributed by atoms with Gasteiger partial charge in [-0.3, -0.25) is 4.90 Å². The van der Waals surface area contributed by atoms with Crippen LogP contribution in [-0.2, 0) is 17.8 Å². The van der Waals surface area contributed by atoms with Gasteiger partial charge in [-0.1, -0.05) is 6.07 Å². The van der Waals surface area contributed by atoms with Gasteiger partial charge in [-0.15, -0.1) is 11.3 Å². The Kier molecular flexibility index (Phi) is 4.12. The van der Waals surface area contributed by atoms with E-state index in [0.717, 1.165) is 18.8 Å². The molecular formula is C16H19NO3S. The maximum absolute atomic E-state index is 11.6. The van der Waals surface area contributed by atoms with Gasteiger partial charge < -0.3 is 9.15 Å². The molecule has 21 heavy (non-hydrogen) atoms. The molecule has 0 aromatic carbocycles. The van der Waals surface area contributed by atoms with Crippen LogP contribution in [0.5, 0.6) is 0 Å². The summed E-state index contributed by atoms with van der Waals surface area (Å²) in [5, 5.41) is 2.10. The van der Waals surface area contributed by atoms with Gasteiger partial charge in [-0.25, -0.2) is 4.79 Å². The molecule has 0 spiro atoms. The first kappa shape index (κ1) is 14.4. The minimum Gasteiger partial charge on any atom is -0.465 e. The van der Waals surface area contributed by atoms with Crippen molar-refractivity contribution >= 4 is 17.3 Å². The normalized spacial score (nSPS) is 14.6. The van der Waals surface area contributed by atoms with Crippen LogP contribution >= 0.6 is 11.3 Å². The molecule has 0 atom stereocenters. The standard InChI is InChI=1S/C16H19NO3S/c1-11-15(16(18)19-2)8-13(20-11)9-17(12-5-6-12)10-14-4-3-7-21-14/h3-4,7-8,12H,5-6,9-10H2,1-2H3. The summed E-state index contributed by atoms with van der Waals surface area (Å²) in [6.07, 6.45) is 2.49. The van der Waals surface area contributed by atoms with Crippen molar-refractivity contribution in [1.82, 2.24) is 4.90 Å². The summed E-state index contributed by atoms with van der Waals surface area (Å²) in [5.41, 5.74) is 0.527. The number of nitrogens with zero attached hydrogens (tertiary/aromatic N) is 1. The van der Waals surface area contributed by atoms with Crippen molar-refractivity contribution in [3.05, 3.63) is 45.5 Å². The van der Waals surface area contributed by atoms with E-state index in [2.05, 4.69) is 22.4 Å². The Labute approximate surface area is 128 Å². The second-order valence-corrected chi connectivity index (χ2v) is 6.42. The lowest BCUT2D eigenvalue weighted by atomic mass is 10.2. The average molecular weight is 305 g/mol. The van der Waals surface area contributed by atoms with Crippen molar-refractivity contribution in [1.29, 1.82) is 0 Å². The molecule has 1 aliphatic carbocycles. The highest BCUT2D eigenvalue weighted by Crippen LogP contribution is 2.31. The largest absolute Gasteiger partial charge is 0.465 e. The van der Waals surface area contributed by atoms with Crippen LogP contribution in [0, 0.1) is 6.92 Å². The number of methoxy groups -OCH3 is 1. The number of carbonyl (C=O) groups is 1. The Morgan fingerprint density at radius 1 is 1.48 bits per heavy atom. The topological polar surface area (TPSA) is 42.7 Å². The number of hydrogen-bond donors (Lipinski definition) is 0. The first-order valence-electron chi connectivity index (χ1n) is 7.11. The predicted octanol–water partition coefficient (Wildman–Crippen LogP) is 3.60. The highest BCUT2D eigenvalue weighted by Gasteiger charge is 2.30. The third-order valence-corrected chi connectivity index (χ3v) is 4.60. The monoisotopic (exact) mass is 305 g/mol. The fraction of sp³-hybridized carbons (Fsp3) is 0.438. The van der Waals surface area contributed by atoms with Crippen LogP contribution in [-0.4, -0.2) is 24.0 Å². The summed E-state index contributed by atoms with van der Waals surface area (Å²) in [7, 11) is 1.39. The zero-order valence-corrected chi connectivity index (χ0v) is 13.1. The minimum atomic E-state index is -0.335. The fourth-order valence-corrected chi connectivity index (χ4v) is 3.22. The van der Waals surface area contributed by atoms with Crippen LogP contribution in [0.25, 0.3) is 0 Å². The predicted molar refractivity (Wildman–Crippen MR) is 81.4 cm³/mol. The van der Waals surface area contributed by atoms with E-state index in [9.17, 15) is 4.79 Å². The Morgan fingerprint density at radius 3 is 2.90 bits per heavy atom. The number of hydrogen-bond acceptors (Lipinski definition) is 5. The smallest absolute Gasteiger partial charge is 0.341 e. The number of esters is 1. The molecule has 0 aliphatic heterocycles. The van der Waals surface area contributed by atoms with Gasteiger partial charge in [-0.2, -0.15) is 0 Å². The number of carbonyl (C=O) groups excluding carboxylic acids is 1. The lowest BCUT2D eigenvalue weighted by Crippen LogP contribution is -2.24. The SMILES string of the molecule is COC(=O)c1cc(CN(Cc2cccs2)C2CC2)oc1C. The van der Waals surface area contributed by atoms with Crippen molar-refractivity contribution < 1.29 is 13.9 Å². The minimum absolute atomic E-state index is 0.335. The highest BCUT2D eigenvalue weighted by atomic mass is 32.1. The number of aryl methyl sites for hydroxylation is 1. The summed E-state index contributed by atoms with van der Waals surface area (Å²) in [4.78, 5) is 15.4. The first-order valence-corrected chi connectivity index (χ1v) is 7.99. The maximum atomic E-state index is 11.6. The van der Waals surface area contributed by atoms with E-state index in [-0.39, 0.29) is 5.97 Å². The van der Waals surface area contributed by atoms with Crippen molar-refractivity contribution in [3.8, 4) is 0 Å². The van der Waals surface area contributed by atoms with Crippen LogP contribution in [0.15, 0.2) is 28.0 Å². The Morgan fingerprint density at radius 2 is 2.29 bits per heavy atom. The summed E-state index contributed by atoms with van der Waals surface area (Å²) < 4.78 is 10.5. The van der Waals surface area contributed by atoms with E-state index in [0.29, 0.717) is 17.4 Å². The van der Waals surface area contributed by atoms with Crippen LogP contribution in [0.1, 0.15) is 39.6 Å². The Balaban J connectivity index is 1.72. The lowest BCUT2D eigenvalue weighted by molar-refractivity contribution is 0.0599. The Hall–Kier alpha value is -1.59. The quantitative estimate of drug-likeness (QED) is 0.765. The lowest BCUT2D eigenvalue weighted by Gasteiger charge is -2.19. The van der Waals surface area contributed by atoms with Gasteiger partial charge in [0.2, 0.25) is 0 Å². The molecule has 2 heterocycles. The van der Waals surface area contributed by atoms with Crippen molar-refractivity contribution in [2.45, 2.75) is 38.9 Å². The van der Waals surface area contributed by atoms with Gasteiger partial charge in [0.05, 0.1) is 13.7 Å². The van der Waals surface area contributed by atoms with Crippen LogP contribution in [0.4, 0.5) is 0 Å². The first-order chi connectivity index (χ1) is 10.2. The summed E-state index contributed by atoms with van der Waals surface area (Å²) >= 11 is 1.78. The van der Waals surface area contributed by atoms with E-state index < -0.39 is 0 Å².